The number of aryl methyl sites for hydroxylation is 3. The van der Waals surface area contributed by atoms with Crippen molar-refractivity contribution in [3.63, 3.8) is 0 Å². The van der Waals surface area contributed by atoms with Crippen molar-refractivity contribution in [3.05, 3.63) is 53.1 Å². The average molecular weight is 297 g/mol. The van der Waals surface area contributed by atoms with Crippen LogP contribution in [0.15, 0.2) is 36.4 Å². The summed E-state index contributed by atoms with van der Waals surface area (Å²) >= 11 is 0. The molecule has 2 amide bonds. The Hall–Kier alpha value is -2.82. The SMILES string of the molecule is Cc1ccc(C)c(NC(=O)C(=O)Nc2cc(C)ccc2N)c1. The van der Waals surface area contributed by atoms with Crippen LogP contribution in [0.4, 0.5) is 17.1 Å². The van der Waals surface area contributed by atoms with E-state index < -0.39 is 11.8 Å². The van der Waals surface area contributed by atoms with Crippen molar-refractivity contribution in [1.82, 2.24) is 0 Å². The normalized spacial score (nSPS) is 10.1. The largest absolute Gasteiger partial charge is 0.397 e. The van der Waals surface area contributed by atoms with Crippen molar-refractivity contribution >= 4 is 28.9 Å². The summed E-state index contributed by atoms with van der Waals surface area (Å²) in [5, 5.41) is 5.14. The van der Waals surface area contributed by atoms with Crippen LogP contribution in [0, 0.1) is 20.8 Å². The van der Waals surface area contributed by atoms with E-state index in [9.17, 15) is 9.59 Å². The van der Waals surface area contributed by atoms with Crippen molar-refractivity contribution in [3.8, 4) is 0 Å². The molecule has 5 nitrogen and oxygen atoms in total. The van der Waals surface area contributed by atoms with Crippen molar-refractivity contribution in [2.75, 3.05) is 16.4 Å². The first-order chi connectivity index (χ1) is 10.4. The highest BCUT2D eigenvalue weighted by Gasteiger charge is 2.16. The fraction of sp³-hybridized carbons (Fsp3) is 0.176. The first kappa shape index (κ1) is 15.6. The minimum Gasteiger partial charge on any atom is -0.397 e. The maximum absolute atomic E-state index is 12.0. The number of anilines is 3. The van der Waals surface area contributed by atoms with E-state index in [2.05, 4.69) is 10.6 Å². The highest BCUT2D eigenvalue weighted by atomic mass is 16.2. The van der Waals surface area contributed by atoms with Gasteiger partial charge >= 0.3 is 11.8 Å². The number of hydrogen-bond donors (Lipinski definition) is 3. The number of amides is 2. The van der Waals surface area contributed by atoms with Crippen LogP contribution < -0.4 is 16.4 Å². The second kappa shape index (κ2) is 6.30. The summed E-state index contributed by atoms with van der Waals surface area (Å²) in [7, 11) is 0. The highest BCUT2D eigenvalue weighted by molar-refractivity contribution is 6.44. The minimum atomic E-state index is -0.752. The summed E-state index contributed by atoms with van der Waals surface area (Å²) in [5.41, 5.74) is 10.1. The quantitative estimate of drug-likeness (QED) is 0.588. The maximum Gasteiger partial charge on any atom is 0.314 e. The molecule has 4 N–H and O–H groups in total. The predicted octanol–water partition coefficient (Wildman–Crippen LogP) is 2.77. The van der Waals surface area contributed by atoms with Gasteiger partial charge in [-0.15, -0.1) is 0 Å². The Morgan fingerprint density at radius 2 is 1.32 bits per heavy atom. The lowest BCUT2D eigenvalue weighted by Gasteiger charge is -2.11. The number of nitrogens with two attached hydrogens (primary N) is 1. The molecule has 0 radical (unpaired) electrons. The van der Waals surface area contributed by atoms with E-state index in [1.54, 1.807) is 12.1 Å². The Kier molecular flexibility index (Phi) is 4.46. The zero-order chi connectivity index (χ0) is 16.3. The molecular formula is C17H19N3O2. The molecule has 2 aromatic carbocycles. The highest BCUT2D eigenvalue weighted by Crippen LogP contribution is 2.20. The Balaban J connectivity index is 2.11. The van der Waals surface area contributed by atoms with Crippen LogP contribution in [0.1, 0.15) is 16.7 Å². The molecule has 0 spiro atoms. The molecular weight excluding hydrogens is 278 g/mol. The number of rotatable bonds is 2. The number of nitrogen functional groups attached to an aromatic ring is 1. The number of nitrogens with one attached hydrogen (secondary N) is 2. The third kappa shape index (κ3) is 3.63. The molecule has 0 aliphatic carbocycles. The second-order valence-corrected chi connectivity index (χ2v) is 5.32. The molecule has 0 bridgehead atoms. The smallest absolute Gasteiger partial charge is 0.314 e. The summed E-state index contributed by atoms with van der Waals surface area (Å²) in [6, 6.07) is 10.9. The average Bonchev–Trinajstić information content (AvgIpc) is 2.46. The number of carbonyl (C=O) groups excluding carboxylic acids is 2. The third-order valence-corrected chi connectivity index (χ3v) is 3.30. The molecule has 0 unspecified atom stereocenters. The van der Waals surface area contributed by atoms with Crippen LogP contribution in [0.25, 0.3) is 0 Å². The summed E-state index contributed by atoms with van der Waals surface area (Å²) in [4.78, 5) is 24.0. The summed E-state index contributed by atoms with van der Waals surface area (Å²) < 4.78 is 0. The van der Waals surface area contributed by atoms with Gasteiger partial charge in [-0.3, -0.25) is 9.59 Å². The van der Waals surface area contributed by atoms with E-state index in [1.165, 1.54) is 0 Å². The van der Waals surface area contributed by atoms with Crippen molar-refractivity contribution in [2.45, 2.75) is 20.8 Å². The fourth-order valence-corrected chi connectivity index (χ4v) is 2.01. The zero-order valence-electron chi connectivity index (χ0n) is 12.9. The lowest BCUT2D eigenvalue weighted by molar-refractivity contribution is -0.132. The topological polar surface area (TPSA) is 84.2 Å². The fourth-order valence-electron chi connectivity index (χ4n) is 2.01. The van der Waals surface area contributed by atoms with Crippen molar-refractivity contribution < 1.29 is 9.59 Å². The van der Waals surface area contributed by atoms with E-state index in [4.69, 9.17) is 5.73 Å². The van der Waals surface area contributed by atoms with Crippen molar-refractivity contribution in [1.29, 1.82) is 0 Å². The lowest BCUT2D eigenvalue weighted by Crippen LogP contribution is -2.29. The van der Waals surface area contributed by atoms with E-state index >= 15 is 0 Å². The van der Waals surface area contributed by atoms with Gasteiger partial charge in [0.15, 0.2) is 0 Å². The molecule has 5 heteroatoms. The van der Waals surface area contributed by atoms with E-state index in [0.29, 0.717) is 17.1 Å². The monoisotopic (exact) mass is 297 g/mol. The molecule has 0 aromatic heterocycles. The van der Waals surface area contributed by atoms with Gasteiger partial charge in [-0.05, 0) is 55.7 Å². The third-order valence-electron chi connectivity index (χ3n) is 3.30. The number of carbonyl (C=O) groups is 2. The lowest BCUT2D eigenvalue weighted by atomic mass is 10.1. The molecule has 0 aliphatic rings. The van der Waals surface area contributed by atoms with Crippen LogP contribution in [0.5, 0.6) is 0 Å². The van der Waals surface area contributed by atoms with E-state index in [0.717, 1.165) is 16.7 Å². The summed E-state index contributed by atoms with van der Waals surface area (Å²) in [6.07, 6.45) is 0. The molecule has 0 atom stereocenters. The molecule has 0 aliphatic heterocycles. The van der Waals surface area contributed by atoms with Gasteiger partial charge in [0.05, 0.1) is 11.4 Å². The van der Waals surface area contributed by atoms with Gasteiger partial charge in [-0.25, -0.2) is 0 Å². The zero-order valence-corrected chi connectivity index (χ0v) is 12.9. The summed E-state index contributed by atoms with van der Waals surface area (Å²) in [5.74, 6) is -1.48. The maximum atomic E-state index is 12.0. The second-order valence-electron chi connectivity index (χ2n) is 5.32. The van der Waals surface area contributed by atoms with Crippen LogP contribution >= 0.6 is 0 Å². The van der Waals surface area contributed by atoms with Gasteiger partial charge < -0.3 is 16.4 Å². The molecule has 0 saturated heterocycles. The van der Waals surface area contributed by atoms with Crippen LogP contribution in [-0.2, 0) is 9.59 Å². The van der Waals surface area contributed by atoms with Gasteiger partial charge in [-0.2, -0.15) is 0 Å². The molecule has 22 heavy (non-hydrogen) atoms. The molecule has 0 fully saturated rings. The molecule has 2 rings (SSSR count). The first-order valence-corrected chi connectivity index (χ1v) is 6.92. The molecule has 2 aromatic rings. The van der Waals surface area contributed by atoms with Gasteiger partial charge in [-0.1, -0.05) is 18.2 Å². The Bertz CT molecular complexity index is 675. The van der Waals surface area contributed by atoms with Crippen LogP contribution in [-0.4, -0.2) is 11.8 Å². The van der Waals surface area contributed by atoms with Gasteiger partial charge in [0.2, 0.25) is 0 Å². The summed E-state index contributed by atoms with van der Waals surface area (Å²) in [6.45, 7) is 5.67. The predicted molar refractivity (Wildman–Crippen MR) is 88.8 cm³/mol. The van der Waals surface area contributed by atoms with Crippen molar-refractivity contribution in [2.24, 2.45) is 0 Å². The van der Waals surface area contributed by atoms with Crippen LogP contribution in [0.3, 0.4) is 0 Å². The Morgan fingerprint density at radius 1 is 0.818 bits per heavy atom. The number of hydrogen-bond acceptors (Lipinski definition) is 3. The van der Waals surface area contributed by atoms with E-state index in [1.807, 2.05) is 45.0 Å². The standard InChI is InChI=1S/C17H19N3O2/c1-10-4-6-12(3)14(8-10)19-16(21)17(22)20-15-9-11(2)5-7-13(15)18/h4-9H,18H2,1-3H3,(H,19,21)(H,20,22). The first-order valence-electron chi connectivity index (χ1n) is 6.92. The van der Waals surface area contributed by atoms with Gasteiger partial charge in [0.25, 0.3) is 0 Å². The number of benzene rings is 2. The molecule has 114 valence electrons. The van der Waals surface area contributed by atoms with Crippen LogP contribution in [0.2, 0.25) is 0 Å². The molecule has 0 saturated carbocycles. The minimum absolute atomic E-state index is 0.415. The van der Waals surface area contributed by atoms with Gasteiger partial charge in [0, 0.05) is 5.69 Å². The van der Waals surface area contributed by atoms with E-state index in [-0.39, 0.29) is 0 Å². The van der Waals surface area contributed by atoms with Gasteiger partial charge in [0.1, 0.15) is 0 Å². The molecule has 0 heterocycles. The Morgan fingerprint density at radius 3 is 1.95 bits per heavy atom. The Labute approximate surface area is 129 Å².